The van der Waals surface area contributed by atoms with Crippen LogP contribution in [-0.2, 0) is 4.79 Å². The summed E-state index contributed by atoms with van der Waals surface area (Å²) < 4.78 is 0. The van der Waals surface area contributed by atoms with Crippen LogP contribution < -0.4 is 5.32 Å². The van der Waals surface area contributed by atoms with Crippen LogP contribution in [0.1, 0.15) is 58.3 Å². The highest BCUT2D eigenvalue weighted by Crippen LogP contribution is 2.27. The van der Waals surface area contributed by atoms with Gasteiger partial charge in [-0.25, -0.2) is 0 Å². The van der Waals surface area contributed by atoms with E-state index >= 15 is 0 Å². The molecule has 0 aromatic carbocycles. The molecule has 3 heteroatoms. The molecule has 0 spiro atoms. The Bertz CT molecular complexity index is 278. The van der Waals surface area contributed by atoms with Gasteiger partial charge >= 0.3 is 0 Å². The van der Waals surface area contributed by atoms with Crippen molar-refractivity contribution in [3.63, 3.8) is 0 Å². The second-order valence-electron chi connectivity index (χ2n) is 6.65. The predicted molar refractivity (Wildman–Crippen MR) is 79.0 cm³/mol. The largest absolute Gasteiger partial charge is 0.343 e. The zero-order chi connectivity index (χ0) is 13.7. The molecule has 1 saturated heterocycles. The molecule has 2 aliphatic rings. The van der Waals surface area contributed by atoms with Crippen molar-refractivity contribution in [2.24, 2.45) is 11.8 Å². The van der Waals surface area contributed by atoms with Crippen LogP contribution in [0.2, 0.25) is 0 Å². The molecular formula is C16H30N2O. The Labute approximate surface area is 118 Å². The van der Waals surface area contributed by atoms with Gasteiger partial charge in [-0.3, -0.25) is 4.79 Å². The Morgan fingerprint density at radius 2 is 1.74 bits per heavy atom. The lowest BCUT2D eigenvalue weighted by atomic mass is 9.86. The predicted octanol–water partition coefficient (Wildman–Crippen LogP) is 2.80. The highest BCUT2D eigenvalue weighted by Gasteiger charge is 2.25. The highest BCUT2D eigenvalue weighted by atomic mass is 16.2. The topological polar surface area (TPSA) is 32.3 Å². The molecule has 19 heavy (non-hydrogen) atoms. The van der Waals surface area contributed by atoms with Gasteiger partial charge in [0.05, 0.1) is 0 Å². The van der Waals surface area contributed by atoms with Gasteiger partial charge < -0.3 is 10.2 Å². The first-order chi connectivity index (χ1) is 9.16. The van der Waals surface area contributed by atoms with Gasteiger partial charge in [-0.15, -0.1) is 0 Å². The number of piperidine rings is 1. The molecule has 1 saturated carbocycles. The lowest BCUT2D eigenvalue weighted by Crippen LogP contribution is -2.39. The maximum Gasteiger partial charge on any atom is 0.222 e. The van der Waals surface area contributed by atoms with Crippen LogP contribution in [0.25, 0.3) is 0 Å². The first-order valence-electron chi connectivity index (χ1n) is 8.13. The van der Waals surface area contributed by atoms with E-state index in [2.05, 4.69) is 12.2 Å². The lowest BCUT2D eigenvalue weighted by Gasteiger charge is -2.34. The third-order valence-electron chi connectivity index (χ3n) is 5.15. The minimum atomic E-state index is 0.373. The summed E-state index contributed by atoms with van der Waals surface area (Å²) in [5.41, 5.74) is 0. The SMILES string of the molecule is CC1CCC(N(C)C(=O)CCC2CCNCC2)CC1. The smallest absolute Gasteiger partial charge is 0.222 e. The van der Waals surface area contributed by atoms with Crippen molar-refractivity contribution in [1.82, 2.24) is 10.2 Å². The number of hydrogen-bond acceptors (Lipinski definition) is 2. The van der Waals surface area contributed by atoms with Crippen LogP contribution >= 0.6 is 0 Å². The fraction of sp³-hybridized carbons (Fsp3) is 0.938. The van der Waals surface area contributed by atoms with Gasteiger partial charge in [0, 0.05) is 19.5 Å². The average molecular weight is 266 g/mol. The van der Waals surface area contributed by atoms with E-state index in [9.17, 15) is 4.79 Å². The third kappa shape index (κ3) is 4.48. The van der Waals surface area contributed by atoms with Crippen molar-refractivity contribution in [3.8, 4) is 0 Å². The Hall–Kier alpha value is -0.570. The van der Waals surface area contributed by atoms with Crippen molar-refractivity contribution >= 4 is 5.91 Å². The standard InChI is InChI=1S/C16H30N2O/c1-13-3-6-15(7-4-13)18(2)16(19)8-5-14-9-11-17-12-10-14/h13-15,17H,3-12H2,1-2H3. The maximum absolute atomic E-state index is 12.3. The molecule has 0 radical (unpaired) electrons. The van der Waals surface area contributed by atoms with Gasteiger partial charge in [0.1, 0.15) is 0 Å². The summed E-state index contributed by atoms with van der Waals surface area (Å²) in [4.78, 5) is 14.3. The molecule has 110 valence electrons. The molecule has 0 atom stereocenters. The minimum Gasteiger partial charge on any atom is -0.343 e. The van der Waals surface area contributed by atoms with Crippen molar-refractivity contribution in [1.29, 1.82) is 0 Å². The monoisotopic (exact) mass is 266 g/mol. The number of carbonyl (C=O) groups excluding carboxylic acids is 1. The molecule has 2 fully saturated rings. The Kier molecular flexibility index (Phi) is 5.68. The van der Waals surface area contributed by atoms with Gasteiger partial charge in [0.15, 0.2) is 0 Å². The van der Waals surface area contributed by atoms with Crippen molar-refractivity contribution < 1.29 is 4.79 Å². The van der Waals surface area contributed by atoms with E-state index in [0.29, 0.717) is 11.9 Å². The number of rotatable bonds is 4. The first-order valence-corrected chi connectivity index (χ1v) is 8.13. The van der Waals surface area contributed by atoms with Gasteiger partial charge in [0.25, 0.3) is 0 Å². The summed E-state index contributed by atoms with van der Waals surface area (Å²) in [5.74, 6) is 2.00. The molecule has 1 heterocycles. The average Bonchev–Trinajstić information content (AvgIpc) is 2.46. The lowest BCUT2D eigenvalue weighted by molar-refractivity contribution is -0.133. The van der Waals surface area contributed by atoms with E-state index in [1.807, 2.05) is 11.9 Å². The van der Waals surface area contributed by atoms with Crippen molar-refractivity contribution in [2.75, 3.05) is 20.1 Å². The quantitative estimate of drug-likeness (QED) is 0.848. The Morgan fingerprint density at radius 1 is 1.11 bits per heavy atom. The van der Waals surface area contributed by atoms with E-state index in [1.54, 1.807) is 0 Å². The fourth-order valence-corrected chi connectivity index (χ4v) is 3.51. The van der Waals surface area contributed by atoms with Crippen LogP contribution in [-0.4, -0.2) is 37.0 Å². The third-order valence-corrected chi connectivity index (χ3v) is 5.15. The second-order valence-corrected chi connectivity index (χ2v) is 6.65. The zero-order valence-electron chi connectivity index (χ0n) is 12.7. The number of hydrogen-bond donors (Lipinski definition) is 1. The fourth-order valence-electron chi connectivity index (χ4n) is 3.51. The molecule has 0 unspecified atom stereocenters. The van der Waals surface area contributed by atoms with Crippen LogP contribution in [0.15, 0.2) is 0 Å². The molecule has 1 N–H and O–H groups in total. The molecule has 2 rings (SSSR count). The van der Waals surface area contributed by atoms with Gasteiger partial charge in [0.2, 0.25) is 5.91 Å². The molecule has 1 amide bonds. The molecule has 0 aromatic rings. The van der Waals surface area contributed by atoms with E-state index in [4.69, 9.17) is 0 Å². The number of nitrogens with one attached hydrogen (secondary N) is 1. The summed E-state index contributed by atoms with van der Waals surface area (Å²) >= 11 is 0. The van der Waals surface area contributed by atoms with Gasteiger partial charge in [-0.05, 0) is 69.9 Å². The highest BCUT2D eigenvalue weighted by molar-refractivity contribution is 5.76. The first kappa shape index (κ1) is 14.8. The minimum absolute atomic E-state index is 0.373. The van der Waals surface area contributed by atoms with Gasteiger partial charge in [-0.1, -0.05) is 6.92 Å². The van der Waals surface area contributed by atoms with Crippen molar-refractivity contribution in [3.05, 3.63) is 0 Å². The molecule has 1 aliphatic carbocycles. The summed E-state index contributed by atoms with van der Waals surface area (Å²) in [5, 5.41) is 3.39. The van der Waals surface area contributed by atoms with Crippen LogP contribution in [0, 0.1) is 11.8 Å². The number of amides is 1. The summed E-state index contributed by atoms with van der Waals surface area (Å²) in [6.07, 6.45) is 9.33. The molecule has 3 nitrogen and oxygen atoms in total. The molecule has 0 bridgehead atoms. The normalized spacial score (nSPS) is 29.2. The zero-order valence-corrected chi connectivity index (χ0v) is 12.7. The Morgan fingerprint density at radius 3 is 2.37 bits per heavy atom. The molecule has 1 aliphatic heterocycles. The van der Waals surface area contributed by atoms with E-state index < -0.39 is 0 Å². The number of nitrogens with zero attached hydrogens (tertiary/aromatic N) is 1. The summed E-state index contributed by atoms with van der Waals surface area (Å²) in [6, 6.07) is 0.511. The van der Waals surface area contributed by atoms with E-state index in [-0.39, 0.29) is 0 Å². The van der Waals surface area contributed by atoms with E-state index in [1.165, 1.54) is 38.5 Å². The summed E-state index contributed by atoms with van der Waals surface area (Å²) in [7, 11) is 2.02. The van der Waals surface area contributed by atoms with E-state index in [0.717, 1.165) is 37.8 Å². The number of carbonyl (C=O) groups is 1. The maximum atomic E-state index is 12.3. The van der Waals surface area contributed by atoms with Crippen LogP contribution in [0.5, 0.6) is 0 Å². The van der Waals surface area contributed by atoms with Gasteiger partial charge in [-0.2, -0.15) is 0 Å². The summed E-state index contributed by atoms with van der Waals surface area (Å²) in [6.45, 7) is 4.60. The van der Waals surface area contributed by atoms with Crippen molar-refractivity contribution in [2.45, 2.75) is 64.3 Å². The molecular weight excluding hydrogens is 236 g/mol. The van der Waals surface area contributed by atoms with Crippen LogP contribution in [0.3, 0.4) is 0 Å². The van der Waals surface area contributed by atoms with Crippen LogP contribution in [0.4, 0.5) is 0 Å². The molecule has 0 aromatic heterocycles. The Balaban J connectivity index is 1.69. The second kappa shape index (κ2) is 7.28.